The van der Waals surface area contributed by atoms with Crippen molar-refractivity contribution in [3.05, 3.63) is 17.7 Å². The Morgan fingerprint density at radius 3 is 2.78 bits per heavy atom. The SMILES string of the molecule is COc1cc(CNCC(C)C)cc2c1OCCO2. The molecular formula is C14H21NO3. The van der Waals surface area contributed by atoms with Gasteiger partial charge in [0.2, 0.25) is 5.75 Å². The molecule has 100 valence electrons. The van der Waals surface area contributed by atoms with E-state index in [1.54, 1.807) is 7.11 Å². The summed E-state index contributed by atoms with van der Waals surface area (Å²) in [6.45, 7) is 7.37. The molecule has 1 heterocycles. The number of fused-ring (bicyclic) bond motifs is 1. The van der Waals surface area contributed by atoms with Crippen molar-refractivity contribution in [2.75, 3.05) is 26.9 Å². The van der Waals surface area contributed by atoms with Crippen molar-refractivity contribution in [2.24, 2.45) is 5.92 Å². The Bertz CT molecular complexity index is 387. The molecular weight excluding hydrogens is 230 g/mol. The van der Waals surface area contributed by atoms with Crippen LogP contribution in [0.2, 0.25) is 0 Å². The van der Waals surface area contributed by atoms with E-state index >= 15 is 0 Å². The lowest BCUT2D eigenvalue weighted by molar-refractivity contribution is 0.165. The smallest absolute Gasteiger partial charge is 0.203 e. The minimum Gasteiger partial charge on any atom is -0.493 e. The normalized spacial score (nSPS) is 13.8. The fraction of sp³-hybridized carbons (Fsp3) is 0.571. The average Bonchev–Trinajstić information content (AvgIpc) is 2.37. The molecule has 1 aromatic rings. The highest BCUT2D eigenvalue weighted by Gasteiger charge is 2.18. The Kier molecular flexibility index (Phi) is 4.31. The number of ether oxygens (including phenoxy) is 3. The van der Waals surface area contributed by atoms with Crippen molar-refractivity contribution in [1.29, 1.82) is 0 Å². The van der Waals surface area contributed by atoms with Crippen LogP contribution in [0.5, 0.6) is 17.2 Å². The summed E-state index contributed by atoms with van der Waals surface area (Å²) in [6.07, 6.45) is 0. The van der Waals surface area contributed by atoms with Gasteiger partial charge in [0.25, 0.3) is 0 Å². The average molecular weight is 251 g/mol. The number of hydrogen-bond donors (Lipinski definition) is 1. The summed E-state index contributed by atoms with van der Waals surface area (Å²) in [5.41, 5.74) is 1.15. The molecule has 4 heteroatoms. The quantitative estimate of drug-likeness (QED) is 0.871. The summed E-state index contributed by atoms with van der Waals surface area (Å²) < 4.78 is 16.5. The Morgan fingerprint density at radius 2 is 2.06 bits per heavy atom. The first-order valence-electron chi connectivity index (χ1n) is 6.38. The molecule has 0 aromatic heterocycles. The molecule has 1 aliphatic rings. The summed E-state index contributed by atoms with van der Waals surface area (Å²) in [5, 5.41) is 3.41. The molecule has 0 aliphatic carbocycles. The minimum atomic E-state index is 0.578. The van der Waals surface area contributed by atoms with E-state index in [1.165, 1.54) is 0 Å². The van der Waals surface area contributed by atoms with Crippen LogP contribution in [0, 0.1) is 5.92 Å². The number of benzene rings is 1. The van der Waals surface area contributed by atoms with Crippen LogP contribution in [0.3, 0.4) is 0 Å². The minimum absolute atomic E-state index is 0.578. The zero-order valence-corrected chi connectivity index (χ0v) is 11.3. The van der Waals surface area contributed by atoms with Gasteiger partial charge in [-0.25, -0.2) is 0 Å². The number of rotatable bonds is 5. The summed E-state index contributed by atoms with van der Waals surface area (Å²) >= 11 is 0. The molecule has 0 atom stereocenters. The molecule has 1 N–H and O–H groups in total. The van der Waals surface area contributed by atoms with E-state index in [0.29, 0.717) is 19.1 Å². The van der Waals surface area contributed by atoms with Crippen molar-refractivity contribution < 1.29 is 14.2 Å². The van der Waals surface area contributed by atoms with Gasteiger partial charge in [-0.1, -0.05) is 13.8 Å². The third-order valence-electron chi connectivity index (χ3n) is 2.77. The van der Waals surface area contributed by atoms with E-state index < -0.39 is 0 Å². The summed E-state index contributed by atoms with van der Waals surface area (Å²) in [6, 6.07) is 4.02. The molecule has 1 aliphatic heterocycles. The molecule has 18 heavy (non-hydrogen) atoms. The molecule has 0 spiro atoms. The van der Waals surface area contributed by atoms with Crippen molar-refractivity contribution in [3.63, 3.8) is 0 Å². The molecule has 2 rings (SSSR count). The van der Waals surface area contributed by atoms with Gasteiger partial charge >= 0.3 is 0 Å². The van der Waals surface area contributed by atoms with Gasteiger partial charge in [0.15, 0.2) is 11.5 Å². The Hall–Kier alpha value is -1.42. The third kappa shape index (κ3) is 3.07. The van der Waals surface area contributed by atoms with Gasteiger partial charge in [0.05, 0.1) is 7.11 Å². The molecule has 0 saturated carbocycles. The molecule has 0 radical (unpaired) electrons. The van der Waals surface area contributed by atoms with Crippen molar-refractivity contribution in [1.82, 2.24) is 5.32 Å². The van der Waals surface area contributed by atoms with Crippen LogP contribution in [0.15, 0.2) is 12.1 Å². The lowest BCUT2D eigenvalue weighted by Crippen LogP contribution is -2.20. The van der Waals surface area contributed by atoms with Gasteiger partial charge in [0.1, 0.15) is 13.2 Å². The van der Waals surface area contributed by atoms with Gasteiger partial charge < -0.3 is 19.5 Å². The zero-order chi connectivity index (χ0) is 13.0. The second-order valence-electron chi connectivity index (χ2n) is 4.85. The molecule has 0 amide bonds. The van der Waals surface area contributed by atoms with E-state index in [4.69, 9.17) is 14.2 Å². The lowest BCUT2D eigenvalue weighted by atomic mass is 10.1. The first-order valence-corrected chi connectivity index (χ1v) is 6.38. The van der Waals surface area contributed by atoms with Gasteiger partial charge in [-0.15, -0.1) is 0 Å². The summed E-state index contributed by atoms with van der Waals surface area (Å²) in [4.78, 5) is 0. The Morgan fingerprint density at radius 1 is 1.28 bits per heavy atom. The van der Waals surface area contributed by atoms with Crippen LogP contribution in [0.1, 0.15) is 19.4 Å². The maximum absolute atomic E-state index is 5.60. The highest BCUT2D eigenvalue weighted by Crippen LogP contribution is 2.40. The highest BCUT2D eigenvalue weighted by atomic mass is 16.6. The molecule has 0 fully saturated rings. The fourth-order valence-electron chi connectivity index (χ4n) is 1.93. The predicted molar refractivity (Wildman–Crippen MR) is 70.5 cm³/mol. The first kappa shape index (κ1) is 13.0. The topological polar surface area (TPSA) is 39.7 Å². The molecule has 0 unspecified atom stereocenters. The highest BCUT2D eigenvalue weighted by molar-refractivity contribution is 5.54. The fourth-order valence-corrected chi connectivity index (χ4v) is 1.93. The van der Waals surface area contributed by atoms with Gasteiger partial charge in [-0.05, 0) is 30.2 Å². The van der Waals surface area contributed by atoms with Crippen molar-refractivity contribution in [3.8, 4) is 17.2 Å². The van der Waals surface area contributed by atoms with Gasteiger partial charge in [-0.2, -0.15) is 0 Å². The van der Waals surface area contributed by atoms with Crippen LogP contribution in [-0.2, 0) is 6.54 Å². The number of nitrogens with one attached hydrogen (secondary N) is 1. The molecule has 4 nitrogen and oxygen atoms in total. The lowest BCUT2D eigenvalue weighted by Gasteiger charge is -2.21. The van der Waals surface area contributed by atoms with E-state index in [0.717, 1.165) is 35.9 Å². The third-order valence-corrected chi connectivity index (χ3v) is 2.77. The molecule has 0 bridgehead atoms. The number of methoxy groups -OCH3 is 1. The zero-order valence-electron chi connectivity index (χ0n) is 11.3. The van der Waals surface area contributed by atoms with Gasteiger partial charge in [-0.3, -0.25) is 0 Å². The molecule has 0 saturated heterocycles. The van der Waals surface area contributed by atoms with Crippen LogP contribution < -0.4 is 19.5 Å². The monoisotopic (exact) mass is 251 g/mol. The van der Waals surface area contributed by atoms with E-state index in [2.05, 4.69) is 19.2 Å². The standard InChI is InChI=1S/C14H21NO3/c1-10(2)8-15-9-11-6-12(16-3)14-13(7-11)17-4-5-18-14/h6-7,10,15H,4-5,8-9H2,1-3H3. The second-order valence-corrected chi connectivity index (χ2v) is 4.85. The Balaban J connectivity index is 2.11. The molecule has 1 aromatic carbocycles. The van der Waals surface area contributed by atoms with Crippen LogP contribution in [0.25, 0.3) is 0 Å². The van der Waals surface area contributed by atoms with Crippen molar-refractivity contribution in [2.45, 2.75) is 20.4 Å². The van der Waals surface area contributed by atoms with Crippen molar-refractivity contribution >= 4 is 0 Å². The maximum atomic E-state index is 5.60. The number of hydrogen-bond acceptors (Lipinski definition) is 4. The van der Waals surface area contributed by atoms with Gasteiger partial charge in [0, 0.05) is 6.54 Å². The van der Waals surface area contributed by atoms with Crippen LogP contribution in [-0.4, -0.2) is 26.9 Å². The summed E-state index contributed by atoms with van der Waals surface area (Å²) in [5.74, 6) is 2.89. The predicted octanol–water partition coefficient (Wildman–Crippen LogP) is 2.21. The van der Waals surface area contributed by atoms with Crippen LogP contribution >= 0.6 is 0 Å². The van der Waals surface area contributed by atoms with E-state index in [-0.39, 0.29) is 0 Å². The second kappa shape index (κ2) is 5.96. The summed E-state index contributed by atoms with van der Waals surface area (Å²) in [7, 11) is 1.65. The largest absolute Gasteiger partial charge is 0.493 e. The Labute approximate surface area is 108 Å². The van der Waals surface area contributed by atoms with E-state index in [9.17, 15) is 0 Å². The first-order chi connectivity index (χ1) is 8.70. The van der Waals surface area contributed by atoms with Crippen LogP contribution in [0.4, 0.5) is 0 Å². The maximum Gasteiger partial charge on any atom is 0.203 e. The van der Waals surface area contributed by atoms with E-state index in [1.807, 2.05) is 12.1 Å².